The van der Waals surface area contributed by atoms with E-state index in [1.165, 1.54) is 0 Å². The highest BCUT2D eigenvalue weighted by molar-refractivity contribution is 5.93. The van der Waals surface area contributed by atoms with Gasteiger partial charge in [0.1, 0.15) is 0 Å². The maximum Gasteiger partial charge on any atom is 0.254 e. The van der Waals surface area contributed by atoms with Crippen LogP contribution in [-0.2, 0) is 7.05 Å². The van der Waals surface area contributed by atoms with Gasteiger partial charge in [-0.25, -0.2) is 0 Å². The number of hydrogen-bond acceptors (Lipinski definition) is 3. The fourth-order valence-electron chi connectivity index (χ4n) is 2.29. The van der Waals surface area contributed by atoms with Crippen LogP contribution in [0.3, 0.4) is 0 Å². The molecule has 1 aromatic heterocycles. The lowest BCUT2D eigenvalue weighted by Gasteiger charge is -2.27. The molecule has 0 saturated heterocycles. The summed E-state index contributed by atoms with van der Waals surface area (Å²) in [5, 5.41) is 16.6. The van der Waals surface area contributed by atoms with Gasteiger partial charge in [-0.15, -0.1) is 0 Å². The molecule has 0 aromatic carbocycles. The van der Waals surface area contributed by atoms with E-state index in [-0.39, 0.29) is 17.9 Å². The van der Waals surface area contributed by atoms with Gasteiger partial charge in [0.25, 0.3) is 5.91 Å². The van der Waals surface area contributed by atoms with Crippen molar-refractivity contribution in [2.75, 3.05) is 6.54 Å². The molecular formula is C12H19N3O2. The van der Waals surface area contributed by atoms with Gasteiger partial charge in [0.2, 0.25) is 0 Å². The number of amides is 1. The van der Waals surface area contributed by atoms with Gasteiger partial charge in [-0.2, -0.15) is 5.10 Å². The number of aliphatic hydroxyl groups excluding tert-OH is 1. The summed E-state index contributed by atoms with van der Waals surface area (Å²) in [4.78, 5) is 11.8. The van der Waals surface area contributed by atoms with E-state index >= 15 is 0 Å². The predicted octanol–water partition coefficient (Wildman–Crippen LogP) is 0.701. The van der Waals surface area contributed by atoms with E-state index in [0.29, 0.717) is 12.1 Å². The van der Waals surface area contributed by atoms with Gasteiger partial charge in [0.05, 0.1) is 17.9 Å². The Labute approximate surface area is 101 Å². The molecule has 1 aliphatic rings. The van der Waals surface area contributed by atoms with E-state index < -0.39 is 0 Å². The van der Waals surface area contributed by atoms with Crippen LogP contribution in [-0.4, -0.2) is 33.4 Å². The second kappa shape index (κ2) is 5.31. The Bertz CT molecular complexity index is 389. The van der Waals surface area contributed by atoms with Crippen molar-refractivity contribution in [3.05, 3.63) is 18.0 Å². The molecule has 5 nitrogen and oxygen atoms in total. The van der Waals surface area contributed by atoms with Gasteiger partial charge in [-0.1, -0.05) is 12.8 Å². The summed E-state index contributed by atoms with van der Waals surface area (Å²) in [5.74, 6) is 0.0836. The topological polar surface area (TPSA) is 67.2 Å². The smallest absolute Gasteiger partial charge is 0.254 e. The van der Waals surface area contributed by atoms with Crippen molar-refractivity contribution >= 4 is 5.91 Å². The zero-order valence-electron chi connectivity index (χ0n) is 10.1. The molecular weight excluding hydrogens is 218 g/mol. The van der Waals surface area contributed by atoms with Crippen molar-refractivity contribution in [1.82, 2.24) is 15.1 Å². The summed E-state index contributed by atoms with van der Waals surface area (Å²) in [6.07, 6.45) is 7.05. The Balaban J connectivity index is 1.83. The van der Waals surface area contributed by atoms with Crippen molar-refractivity contribution in [2.24, 2.45) is 13.0 Å². The molecule has 1 heterocycles. The van der Waals surface area contributed by atoms with Crippen LogP contribution in [0, 0.1) is 5.92 Å². The third-order valence-corrected chi connectivity index (χ3v) is 3.36. The molecule has 17 heavy (non-hydrogen) atoms. The molecule has 94 valence electrons. The van der Waals surface area contributed by atoms with E-state index in [1.54, 1.807) is 24.1 Å². The van der Waals surface area contributed by atoms with Crippen LogP contribution < -0.4 is 5.32 Å². The molecule has 2 atom stereocenters. The van der Waals surface area contributed by atoms with E-state index in [4.69, 9.17) is 0 Å². The first-order chi connectivity index (χ1) is 8.16. The lowest BCUT2D eigenvalue weighted by Crippen LogP contribution is -2.36. The lowest BCUT2D eigenvalue weighted by molar-refractivity contribution is 0.0663. The van der Waals surface area contributed by atoms with Gasteiger partial charge < -0.3 is 10.4 Å². The highest BCUT2D eigenvalue weighted by Gasteiger charge is 2.23. The molecule has 0 bridgehead atoms. The van der Waals surface area contributed by atoms with E-state index in [9.17, 15) is 9.90 Å². The molecule has 1 saturated carbocycles. The van der Waals surface area contributed by atoms with Crippen LogP contribution in [0.1, 0.15) is 36.0 Å². The Hall–Kier alpha value is -1.36. The molecule has 0 aliphatic heterocycles. The summed E-state index contributed by atoms with van der Waals surface area (Å²) >= 11 is 0. The van der Waals surface area contributed by atoms with E-state index in [2.05, 4.69) is 10.4 Å². The quantitative estimate of drug-likeness (QED) is 0.813. The first-order valence-electron chi connectivity index (χ1n) is 6.11. The molecule has 1 aromatic rings. The molecule has 5 heteroatoms. The Morgan fingerprint density at radius 3 is 3.00 bits per heavy atom. The number of aryl methyl sites for hydroxylation is 1. The largest absolute Gasteiger partial charge is 0.393 e. The van der Waals surface area contributed by atoms with Crippen molar-refractivity contribution in [3.63, 3.8) is 0 Å². The Kier molecular flexibility index (Phi) is 3.78. The fourth-order valence-corrected chi connectivity index (χ4v) is 2.29. The highest BCUT2D eigenvalue weighted by Crippen LogP contribution is 2.23. The monoisotopic (exact) mass is 237 g/mol. The molecule has 1 amide bonds. The van der Waals surface area contributed by atoms with Gasteiger partial charge in [-0.05, 0) is 12.8 Å². The normalized spacial score (nSPS) is 24.6. The van der Waals surface area contributed by atoms with Crippen molar-refractivity contribution in [3.8, 4) is 0 Å². The van der Waals surface area contributed by atoms with Crippen LogP contribution in [0.5, 0.6) is 0 Å². The third-order valence-electron chi connectivity index (χ3n) is 3.36. The minimum atomic E-state index is -0.266. The van der Waals surface area contributed by atoms with E-state index in [1.807, 2.05) is 0 Å². The minimum absolute atomic E-state index is 0.115. The van der Waals surface area contributed by atoms with Crippen molar-refractivity contribution in [1.29, 1.82) is 0 Å². The molecule has 0 spiro atoms. The highest BCUT2D eigenvalue weighted by atomic mass is 16.3. The number of aliphatic hydroxyl groups is 1. The average Bonchev–Trinajstić information content (AvgIpc) is 2.74. The van der Waals surface area contributed by atoms with Gasteiger partial charge >= 0.3 is 0 Å². The Morgan fingerprint density at radius 2 is 2.35 bits per heavy atom. The minimum Gasteiger partial charge on any atom is -0.393 e. The third kappa shape index (κ3) is 3.06. The summed E-state index contributed by atoms with van der Waals surface area (Å²) in [7, 11) is 1.78. The maximum atomic E-state index is 11.8. The number of rotatable bonds is 3. The van der Waals surface area contributed by atoms with Crippen LogP contribution in [0.15, 0.2) is 12.4 Å². The first kappa shape index (κ1) is 12.1. The second-order valence-electron chi connectivity index (χ2n) is 4.72. The standard InChI is InChI=1S/C12H19N3O2/c1-15-8-10(7-14-15)12(17)13-6-9-4-2-3-5-11(9)16/h7-9,11,16H,2-6H2,1H3,(H,13,17). The van der Waals surface area contributed by atoms with Crippen LogP contribution in [0.25, 0.3) is 0 Å². The van der Waals surface area contributed by atoms with Crippen molar-refractivity contribution < 1.29 is 9.90 Å². The van der Waals surface area contributed by atoms with Gasteiger partial charge in [-0.3, -0.25) is 9.48 Å². The number of aromatic nitrogens is 2. The van der Waals surface area contributed by atoms with Gasteiger partial charge in [0.15, 0.2) is 0 Å². The molecule has 0 radical (unpaired) electrons. The lowest BCUT2D eigenvalue weighted by atomic mass is 9.86. The molecule has 2 rings (SSSR count). The number of nitrogens with one attached hydrogen (secondary N) is 1. The second-order valence-corrected chi connectivity index (χ2v) is 4.72. The van der Waals surface area contributed by atoms with Crippen LogP contribution >= 0.6 is 0 Å². The van der Waals surface area contributed by atoms with Crippen molar-refractivity contribution in [2.45, 2.75) is 31.8 Å². The predicted molar refractivity (Wildman–Crippen MR) is 63.5 cm³/mol. The molecule has 1 aliphatic carbocycles. The Morgan fingerprint density at radius 1 is 1.59 bits per heavy atom. The first-order valence-corrected chi connectivity index (χ1v) is 6.11. The van der Waals surface area contributed by atoms with Gasteiger partial charge in [0, 0.05) is 25.7 Å². The zero-order valence-corrected chi connectivity index (χ0v) is 10.1. The molecule has 2 N–H and O–H groups in total. The number of carbonyl (C=O) groups is 1. The summed E-state index contributed by atoms with van der Waals surface area (Å²) < 4.78 is 1.60. The summed E-state index contributed by atoms with van der Waals surface area (Å²) in [6, 6.07) is 0. The number of carbonyl (C=O) groups excluding carboxylic acids is 1. The summed E-state index contributed by atoms with van der Waals surface area (Å²) in [6.45, 7) is 0.550. The summed E-state index contributed by atoms with van der Waals surface area (Å²) in [5.41, 5.74) is 0.567. The van der Waals surface area contributed by atoms with E-state index in [0.717, 1.165) is 25.7 Å². The number of nitrogens with zero attached hydrogens (tertiary/aromatic N) is 2. The fraction of sp³-hybridized carbons (Fsp3) is 0.667. The number of hydrogen-bond donors (Lipinski definition) is 2. The van der Waals surface area contributed by atoms with Crippen LogP contribution in [0.4, 0.5) is 0 Å². The molecule has 1 fully saturated rings. The average molecular weight is 237 g/mol. The maximum absolute atomic E-state index is 11.8. The molecule has 2 unspecified atom stereocenters. The van der Waals surface area contributed by atoms with Crippen LogP contribution in [0.2, 0.25) is 0 Å². The SMILES string of the molecule is Cn1cc(C(=O)NCC2CCCCC2O)cn1. The zero-order chi connectivity index (χ0) is 12.3.